The minimum absolute atomic E-state index is 0.171. The van der Waals surface area contributed by atoms with Crippen LogP contribution in [0.4, 0.5) is 5.69 Å². The third-order valence-corrected chi connectivity index (χ3v) is 3.68. The first-order valence-electron chi connectivity index (χ1n) is 6.54. The molecule has 1 aliphatic rings. The molecule has 0 bridgehead atoms. The number of carbonyl (C=O) groups excluding carboxylic acids is 1. The predicted octanol–water partition coefficient (Wildman–Crippen LogP) is 1.10. The van der Waals surface area contributed by atoms with E-state index in [1.165, 1.54) is 13.5 Å². The molecule has 104 valence electrons. The zero-order valence-corrected chi connectivity index (χ0v) is 11.5. The lowest BCUT2D eigenvalue weighted by Crippen LogP contribution is -2.38. The van der Waals surface area contributed by atoms with Gasteiger partial charge in [-0.05, 0) is 38.6 Å². The van der Waals surface area contributed by atoms with Gasteiger partial charge in [0.15, 0.2) is 0 Å². The van der Waals surface area contributed by atoms with Gasteiger partial charge in [-0.3, -0.25) is 4.79 Å². The van der Waals surface area contributed by atoms with Gasteiger partial charge in [0.05, 0.1) is 7.11 Å². The van der Waals surface area contributed by atoms with Crippen molar-refractivity contribution in [1.82, 2.24) is 10.2 Å². The fourth-order valence-corrected chi connectivity index (χ4v) is 2.50. The average molecular weight is 263 g/mol. The lowest BCUT2D eigenvalue weighted by atomic mass is 10.1. The van der Waals surface area contributed by atoms with Crippen molar-refractivity contribution in [2.24, 2.45) is 0 Å². The van der Waals surface area contributed by atoms with Crippen LogP contribution in [0, 0.1) is 0 Å². The van der Waals surface area contributed by atoms with Crippen molar-refractivity contribution in [3.8, 4) is 5.75 Å². The number of benzene rings is 1. The third-order valence-electron chi connectivity index (χ3n) is 3.68. The molecule has 19 heavy (non-hydrogen) atoms. The highest BCUT2D eigenvalue weighted by atomic mass is 16.5. The van der Waals surface area contributed by atoms with E-state index >= 15 is 0 Å². The van der Waals surface area contributed by atoms with Gasteiger partial charge in [-0.25, -0.2) is 0 Å². The standard InChI is InChI=1S/C14H21N3O2/c1-17-8-4-5-10(17)9-16-14(18)13-11(15)6-3-7-12(13)19-2/h3,6-7,10H,4-5,8-9,15H2,1-2H3,(H,16,18). The zero-order valence-electron chi connectivity index (χ0n) is 11.5. The Labute approximate surface area is 113 Å². The third kappa shape index (κ3) is 2.98. The molecule has 0 aliphatic carbocycles. The van der Waals surface area contributed by atoms with Crippen LogP contribution in [-0.4, -0.2) is 44.1 Å². The Morgan fingerprint density at radius 2 is 2.37 bits per heavy atom. The van der Waals surface area contributed by atoms with Gasteiger partial charge in [-0.1, -0.05) is 6.07 Å². The summed E-state index contributed by atoms with van der Waals surface area (Å²) in [5.41, 5.74) is 6.72. The van der Waals surface area contributed by atoms with E-state index in [9.17, 15) is 4.79 Å². The van der Waals surface area contributed by atoms with Gasteiger partial charge in [0.25, 0.3) is 5.91 Å². The first-order chi connectivity index (χ1) is 9.13. The van der Waals surface area contributed by atoms with E-state index in [1.54, 1.807) is 18.2 Å². The highest BCUT2D eigenvalue weighted by molar-refractivity contribution is 6.01. The normalized spacial score (nSPS) is 19.4. The molecule has 1 aliphatic heterocycles. The molecule has 3 N–H and O–H groups in total. The van der Waals surface area contributed by atoms with Gasteiger partial charge >= 0.3 is 0 Å². The summed E-state index contributed by atoms with van der Waals surface area (Å²) in [4.78, 5) is 14.5. The fraction of sp³-hybridized carbons (Fsp3) is 0.500. The summed E-state index contributed by atoms with van der Waals surface area (Å²) in [6.07, 6.45) is 2.31. The zero-order chi connectivity index (χ0) is 13.8. The van der Waals surface area contributed by atoms with Crippen molar-refractivity contribution in [1.29, 1.82) is 0 Å². The number of hydrogen-bond donors (Lipinski definition) is 2. The number of rotatable bonds is 4. The number of methoxy groups -OCH3 is 1. The maximum atomic E-state index is 12.2. The Bertz CT molecular complexity index is 462. The first kappa shape index (κ1) is 13.7. The fourth-order valence-electron chi connectivity index (χ4n) is 2.50. The molecule has 1 aromatic carbocycles. The second-order valence-electron chi connectivity index (χ2n) is 4.91. The van der Waals surface area contributed by atoms with Crippen molar-refractivity contribution in [3.05, 3.63) is 23.8 Å². The SMILES string of the molecule is COc1cccc(N)c1C(=O)NCC1CCCN1C. The van der Waals surface area contributed by atoms with Gasteiger partial charge in [0.2, 0.25) is 0 Å². The molecule has 5 nitrogen and oxygen atoms in total. The molecule has 0 aromatic heterocycles. The van der Waals surface area contributed by atoms with E-state index in [2.05, 4.69) is 17.3 Å². The number of carbonyl (C=O) groups is 1. The van der Waals surface area contributed by atoms with Crippen LogP contribution < -0.4 is 15.8 Å². The lowest BCUT2D eigenvalue weighted by molar-refractivity contribution is 0.0941. The number of nitrogens with zero attached hydrogens (tertiary/aromatic N) is 1. The quantitative estimate of drug-likeness (QED) is 0.798. The number of hydrogen-bond acceptors (Lipinski definition) is 4. The Morgan fingerprint density at radius 1 is 1.58 bits per heavy atom. The van der Waals surface area contributed by atoms with Crippen molar-refractivity contribution in [2.45, 2.75) is 18.9 Å². The molecular weight excluding hydrogens is 242 g/mol. The maximum Gasteiger partial charge on any atom is 0.257 e. The van der Waals surface area contributed by atoms with Crippen LogP contribution in [0.25, 0.3) is 0 Å². The average Bonchev–Trinajstić information content (AvgIpc) is 2.81. The molecule has 1 aromatic rings. The first-order valence-corrected chi connectivity index (χ1v) is 6.54. The van der Waals surface area contributed by atoms with Gasteiger partial charge in [0.1, 0.15) is 11.3 Å². The van der Waals surface area contributed by atoms with Crippen molar-refractivity contribution in [3.63, 3.8) is 0 Å². The molecule has 0 spiro atoms. The summed E-state index contributed by atoms with van der Waals surface area (Å²) < 4.78 is 5.19. The smallest absolute Gasteiger partial charge is 0.257 e. The summed E-state index contributed by atoms with van der Waals surface area (Å²) in [5.74, 6) is 0.340. The number of likely N-dealkylation sites (tertiary alicyclic amines) is 1. The molecule has 1 atom stereocenters. The monoisotopic (exact) mass is 263 g/mol. The number of anilines is 1. The largest absolute Gasteiger partial charge is 0.496 e. The van der Waals surface area contributed by atoms with E-state index in [0.717, 1.165) is 13.0 Å². The van der Waals surface area contributed by atoms with Crippen LogP contribution in [-0.2, 0) is 0 Å². The highest BCUT2D eigenvalue weighted by Crippen LogP contribution is 2.24. The molecule has 0 radical (unpaired) electrons. The number of amides is 1. The van der Waals surface area contributed by atoms with Gasteiger partial charge in [0, 0.05) is 18.3 Å². The molecule has 1 unspecified atom stereocenters. The number of likely N-dealkylation sites (N-methyl/N-ethyl adjacent to an activating group) is 1. The molecular formula is C14H21N3O2. The van der Waals surface area contributed by atoms with Gasteiger partial charge in [-0.2, -0.15) is 0 Å². The maximum absolute atomic E-state index is 12.2. The topological polar surface area (TPSA) is 67.6 Å². The molecule has 5 heteroatoms. The minimum atomic E-state index is -0.171. The molecule has 1 fully saturated rings. The summed E-state index contributed by atoms with van der Waals surface area (Å²) in [5, 5.41) is 2.95. The second-order valence-corrected chi connectivity index (χ2v) is 4.91. The van der Waals surface area contributed by atoms with Crippen LogP contribution in [0.3, 0.4) is 0 Å². The van der Waals surface area contributed by atoms with E-state index < -0.39 is 0 Å². The van der Waals surface area contributed by atoms with Crippen LogP contribution in [0.1, 0.15) is 23.2 Å². The highest BCUT2D eigenvalue weighted by Gasteiger charge is 2.22. The molecule has 0 saturated carbocycles. The van der Waals surface area contributed by atoms with Crippen LogP contribution in [0.2, 0.25) is 0 Å². The Balaban J connectivity index is 2.03. The van der Waals surface area contributed by atoms with Gasteiger partial charge < -0.3 is 20.7 Å². The van der Waals surface area contributed by atoms with Crippen LogP contribution in [0.5, 0.6) is 5.75 Å². The summed E-state index contributed by atoms with van der Waals surface area (Å²) >= 11 is 0. The number of nitrogens with one attached hydrogen (secondary N) is 1. The number of nitrogen functional groups attached to an aromatic ring is 1. The Kier molecular flexibility index (Phi) is 4.27. The summed E-state index contributed by atoms with van der Waals surface area (Å²) in [6.45, 7) is 1.74. The Hall–Kier alpha value is -1.75. The van der Waals surface area contributed by atoms with Crippen molar-refractivity contribution in [2.75, 3.05) is 33.0 Å². The van der Waals surface area contributed by atoms with Crippen LogP contribution >= 0.6 is 0 Å². The van der Waals surface area contributed by atoms with Crippen LogP contribution in [0.15, 0.2) is 18.2 Å². The minimum Gasteiger partial charge on any atom is -0.496 e. The second kappa shape index (κ2) is 5.93. The molecule has 1 amide bonds. The lowest BCUT2D eigenvalue weighted by Gasteiger charge is -2.20. The van der Waals surface area contributed by atoms with E-state index in [0.29, 0.717) is 29.6 Å². The van der Waals surface area contributed by atoms with Crippen molar-refractivity contribution < 1.29 is 9.53 Å². The van der Waals surface area contributed by atoms with E-state index in [4.69, 9.17) is 10.5 Å². The molecule has 1 heterocycles. The number of ether oxygens (including phenoxy) is 1. The molecule has 2 rings (SSSR count). The number of nitrogens with two attached hydrogens (primary N) is 1. The Morgan fingerprint density at radius 3 is 3.00 bits per heavy atom. The molecule has 1 saturated heterocycles. The van der Waals surface area contributed by atoms with E-state index in [1.807, 2.05) is 0 Å². The predicted molar refractivity (Wildman–Crippen MR) is 75.4 cm³/mol. The van der Waals surface area contributed by atoms with E-state index in [-0.39, 0.29) is 5.91 Å². The summed E-state index contributed by atoms with van der Waals surface area (Å²) in [7, 11) is 3.62. The summed E-state index contributed by atoms with van der Waals surface area (Å²) in [6, 6.07) is 5.64. The van der Waals surface area contributed by atoms with Gasteiger partial charge in [-0.15, -0.1) is 0 Å². The van der Waals surface area contributed by atoms with Crippen molar-refractivity contribution >= 4 is 11.6 Å².